The Hall–Kier alpha value is -1.73. The summed E-state index contributed by atoms with van der Waals surface area (Å²) in [5, 5.41) is 7.68. The van der Waals surface area contributed by atoms with E-state index < -0.39 is 0 Å². The molecule has 4 nitrogen and oxygen atoms in total. The number of piperazine rings is 1. The molecule has 0 spiro atoms. The number of hydrogen-bond acceptors (Lipinski definition) is 4. The summed E-state index contributed by atoms with van der Waals surface area (Å²) in [6.45, 7) is 3.66. The minimum Gasteiger partial charge on any atom is -0.314 e. The van der Waals surface area contributed by atoms with Gasteiger partial charge in [0.15, 0.2) is 0 Å². The van der Waals surface area contributed by atoms with Crippen LogP contribution in [0.2, 0.25) is 0 Å². The molecule has 0 aliphatic carbocycles. The van der Waals surface area contributed by atoms with E-state index in [-0.39, 0.29) is 24.3 Å². The molecule has 0 radical (unpaired) electrons. The monoisotopic (exact) mass is 392 g/mol. The van der Waals surface area contributed by atoms with Gasteiger partial charge in [-0.15, -0.1) is 23.7 Å². The molecular weight excluding hydrogens is 371 g/mol. The molecule has 3 heterocycles. The maximum atomic E-state index is 13.6. The minimum absolute atomic E-state index is 0. The quantitative estimate of drug-likeness (QED) is 0.732. The number of thiophene rings is 1. The Bertz CT molecular complexity index is 863. The molecule has 0 bridgehead atoms. The van der Waals surface area contributed by atoms with Gasteiger partial charge in [-0.2, -0.15) is 5.10 Å². The van der Waals surface area contributed by atoms with E-state index in [4.69, 9.17) is 0 Å². The average Bonchev–Trinajstić information content (AvgIpc) is 3.24. The lowest BCUT2D eigenvalue weighted by atomic mass is 10.0. The van der Waals surface area contributed by atoms with E-state index in [1.807, 2.05) is 30.2 Å². The van der Waals surface area contributed by atoms with Gasteiger partial charge in [-0.3, -0.25) is 9.58 Å². The molecule has 0 saturated carbocycles. The highest BCUT2D eigenvalue weighted by atomic mass is 35.5. The molecule has 1 fully saturated rings. The van der Waals surface area contributed by atoms with Crippen LogP contribution >= 0.6 is 23.7 Å². The van der Waals surface area contributed by atoms with Gasteiger partial charge in [0.1, 0.15) is 5.82 Å². The Morgan fingerprint density at radius 2 is 2.19 bits per heavy atom. The minimum atomic E-state index is -0.169. The Labute approximate surface area is 163 Å². The molecule has 0 amide bonds. The summed E-state index contributed by atoms with van der Waals surface area (Å²) >= 11 is 1.80. The van der Waals surface area contributed by atoms with Crippen molar-refractivity contribution in [2.45, 2.75) is 12.6 Å². The highest BCUT2D eigenvalue weighted by Gasteiger charge is 2.24. The van der Waals surface area contributed by atoms with Crippen LogP contribution in [-0.4, -0.2) is 34.3 Å². The second-order valence-corrected chi connectivity index (χ2v) is 7.58. The van der Waals surface area contributed by atoms with Crippen molar-refractivity contribution in [2.75, 3.05) is 19.6 Å². The zero-order valence-electron chi connectivity index (χ0n) is 14.6. The third-order valence-corrected chi connectivity index (χ3v) is 5.72. The van der Waals surface area contributed by atoms with E-state index in [9.17, 15) is 4.39 Å². The van der Waals surface area contributed by atoms with E-state index in [1.54, 1.807) is 23.5 Å². The summed E-state index contributed by atoms with van der Waals surface area (Å²) in [4.78, 5) is 4.99. The molecule has 1 aliphatic heterocycles. The third-order valence-electron chi connectivity index (χ3n) is 4.60. The molecule has 1 aromatic carbocycles. The fraction of sp³-hybridized carbons (Fsp3) is 0.316. The number of aromatic nitrogens is 2. The van der Waals surface area contributed by atoms with Crippen LogP contribution in [0.25, 0.3) is 10.4 Å². The van der Waals surface area contributed by atoms with Crippen LogP contribution in [0, 0.1) is 5.82 Å². The number of benzene rings is 1. The van der Waals surface area contributed by atoms with Gasteiger partial charge in [0, 0.05) is 60.8 Å². The van der Waals surface area contributed by atoms with Crippen molar-refractivity contribution in [3.05, 3.63) is 65.0 Å². The number of hydrogen-bond donors (Lipinski definition) is 1. The molecule has 1 atom stereocenters. The summed E-state index contributed by atoms with van der Waals surface area (Å²) in [7, 11) is 1.93. The third kappa shape index (κ3) is 4.15. The zero-order chi connectivity index (χ0) is 17.2. The Morgan fingerprint density at radius 1 is 1.31 bits per heavy atom. The molecule has 138 valence electrons. The summed E-state index contributed by atoms with van der Waals surface area (Å²) in [5.41, 5.74) is 2.19. The molecule has 7 heteroatoms. The predicted molar refractivity (Wildman–Crippen MR) is 106 cm³/mol. The maximum Gasteiger partial charge on any atom is 0.123 e. The maximum absolute atomic E-state index is 13.6. The lowest BCUT2D eigenvalue weighted by Gasteiger charge is -2.36. The van der Waals surface area contributed by atoms with Crippen LogP contribution < -0.4 is 5.32 Å². The second-order valence-electron chi connectivity index (χ2n) is 6.41. The molecule has 1 saturated heterocycles. The molecule has 1 aliphatic rings. The van der Waals surface area contributed by atoms with Crippen LogP contribution in [0.4, 0.5) is 4.39 Å². The molecule has 3 aromatic rings. The van der Waals surface area contributed by atoms with Crippen molar-refractivity contribution in [2.24, 2.45) is 7.05 Å². The van der Waals surface area contributed by atoms with Crippen molar-refractivity contribution in [3.8, 4) is 10.4 Å². The molecular formula is C19H22ClFN4S. The predicted octanol–water partition coefficient (Wildman–Crippen LogP) is 3.86. The average molecular weight is 393 g/mol. The van der Waals surface area contributed by atoms with E-state index in [0.29, 0.717) is 0 Å². The normalized spacial score (nSPS) is 17.8. The summed E-state index contributed by atoms with van der Waals surface area (Å²) in [5.74, 6) is -0.169. The summed E-state index contributed by atoms with van der Waals surface area (Å²) in [6.07, 6.45) is 3.94. The molecule has 4 rings (SSSR count). The van der Waals surface area contributed by atoms with Gasteiger partial charge >= 0.3 is 0 Å². The van der Waals surface area contributed by atoms with Crippen LogP contribution in [0.5, 0.6) is 0 Å². The smallest absolute Gasteiger partial charge is 0.123 e. The van der Waals surface area contributed by atoms with Crippen LogP contribution in [0.3, 0.4) is 0 Å². The number of nitrogens with one attached hydrogen (secondary N) is 1. The van der Waals surface area contributed by atoms with Crippen LogP contribution in [-0.2, 0) is 13.6 Å². The largest absolute Gasteiger partial charge is 0.314 e. The Balaban J connectivity index is 0.00000196. The topological polar surface area (TPSA) is 33.1 Å². The summed E-state index contributed by atoms with van der Waals surface area (Å²) in [6, 6.07) is 11.5. The lowest BCUT2D eigenvalue weighted by Crippen LogP contribution is -2.45. The molecule has 1 N–H and O–H groups in total. The van der Waals surface area contributed by atoms with Gasteiger partial charge in [-0.1, -0.05) is 12.1 Å². The van der Waals surface area contributed by atoms with E-state index in [2.05, 4.69) is 27.4 Å². The Kier molecular flexibility index (Phi) is 6.09. The number of halogens is 2. The van der Waals surface area contributed by atoms with Gasteiger partial charge in [0.25, 0.3) is 0 Å². The zero-order valence-corrected chi connectivity index (χ0v) is 16.2. The summed E-state index contributed by atoms with van der Waals surface area (Å²) < 4.78 is 15.4. The van der Waals surface area contributed by atoms with Gasteiger partial charge in [0.2, 0.25) is 0 Å². The molecule has 1 unspecified atom stereocenters. The van der Waals surface area contributed by atoms with Crippen molar-refractivity contribution >= 4 is 23.7 Å². The first-order valence-corrected chi connectivity index (χ1v) is 9.28. The van der Waals surface area contributed by atoms with Gasteiger partial charge < -0.3 is 5.32 Å². The first-order valence-electron chi connectivity index (χ1n) is 8.47. The standard InChI is InChI=1S/C19H21FN4S.ClH/c1-23-12-15(10-22-23)19-6-5-17(25-19)13-24-8-7-21-11-18(24)14-3-2-4-16(20)9-14;/h2-6,9-10,12,18,21H,7-8,11,13H2,1H3;1H. The molecule has 2 aromatic heterocycles. The SMILES string of the molecule is Cl.Cn1cc(-c2ccc(CN3CCNCC3c3cccc(F)c3)s2)cn1. The number of rotatable bonds is 4. The highest BCUT2D eigenvalue weighted by molar-refractivity contribution is 7.15. The second kappa shape index (κ2) is 8.31. The first kappa shape index (κ1) is 19.0. The van der Waals surface area contributed by atoms with Gasteiger partial charge in [-0.25, -0.2) is 4.39 Å². The van der Waals surface area contributed by atoms with E-state index >= 15 is 0 Å². The fourth-order valence-corrected chi connectivity index (χ4v) is 4.35. The van der Waals surface area contributed by atoms with Crippen LogP contribution in [0.1, 0.15) is 16.5 Å². The number of aryl methyl sites for hydroxylation is 1. The Morgan fingerprint density at radius 3 is 2.96 bits per heavy atom. The first-order chi connectivity index (χ1) is 12.2. The van der Waals surface area contributed by atoms with Crippen LogP contribution in [0.15, 0.2) is 48.8 Å². The lowest BCUT2D eigenvalue weighted by molar-refractivity contribution is 0.155. The van der Waals surface area contributed by atoms with Gasteiger partial charge in [-0.05, 0) is 29.8 Å². The van der Waals surface area contributed by atoms with Crippen molar-refractivity contribution < 1.29 is 4.39 Å². The fourth-order valence-electron chi connectivity index (χ4n) is 3.34. The number of nitrogens with zero attached hydrogens (tertiary/aromatic N) is 3. The highest BCUT2D eigenvalue weighted by Crippen LogP contribution is 2.31. The van der Waals surface area contributed by atoms with Gasteiger partial charge in [0.05, 0.1) is 6.20 Å². The van der Waals surface area contributed by atoms with E-state index in [0.717, 1.165) is 37.3 Å². The van der Waals surface area contributed by atoms with Crippen molar-refractivity contribution in [1.82, 2.24) is 20.0 Å². The van der Waals surface area contributed by atoms with Crippen molar-refractivity contribution in [1.29, 1.82) is 0 Å². The van der Waals surface area contributed by atoms with E-state index in [1.165, 1.54) is 15.8 Å². The van der Waals surface area contributed by atoms with Crippen molar-refractivity contribution in [3.63, 3.8) is 0 Å². The molecule has 26 heavy (non-hydrogen) atoms.